The van der Waals surface area contributed by atoms with Crippen molar-refractivity contribution in [1.29, 1.82) is 0 Å². The number of amides is 1. The topological polar surface area (TPSA) is 71.0 Å². The van der Waals surface area contributed by atoms with Crippen LogP contribution in [0.1, 0.15) is 12.5 Å². The van der Waals surface area contributed by atoms with Crippen LogP contribution >= 0.6 is 0 Å². The van der Waals surface area contributed by atoms with E-state index in [1.807, 2.05) is 13.0 Å². The van der Waals surface area contributed by atoms with Gasteiger partial charge >= 0.3 is 0 Å². The van der Waals surface area contributed by atoms with Crippen molar-refractivity contribution in [2.45, 2.75) is 19.5 Å². The number of hydrogen-bond acceptors (Lipinski definition) is 5. The molecule has 6 nitrogen and oxygen atoms in total. The predicted molar refractivity (Wildman–Crippen MR) is 78.4 cm³/mol. The summed E-state index contributed by atoms with van der Waals surface area (Å²) in [5.74, 6) is 0.598. The van der Waals surface area contributed by atoms with Gasteiger partial charge in [0, 0.05) is 25.2 Å². The van der Waals surface area contributed by atoms with E-state index in [9.17, 15) is 9.90 Å². The summed E-state index contributed by atoms with van der Waals surface area (Å²) in [6, 6.07) is 5.00. The van der Waals surface area contributed by atoms with Crippen LogP contribution in [0.2, 0.25) is 0 Å². The van der Waals surface area contributed by atoms with Gasteiger partial charge in [-0.1, -0.05) is 12.1 Å². The average molecular weight is 294 g/mol. The zero-order valence-electron chi connectivity index (χ0n) is 12.5. The Labute approximate surface area is 124 Å². The maximum absolute atomic E-state index is 12.2. The Hall–Kier alpha value is -1.79. The highest BCUT2D eigenvalue weighted by molar-refractivity contribution is 5.81. The number of para-hydroxylation sites is 1. The quantitative estimate of drug-likeness (QED) is 0.838. The molecule has 6 heteroatoms. The van der Waals surface area contributed by atoms with E-state index >= 15 is 0 Å². The van der Waals surface area contributed by atoms with Crippen LogP contribution < -0.4 is 10.1 Å². The van der Waals surface area contributed by atoms with Crippen LogP contribution in [-0.2, 0) is 16.1 Å². The molecular formula is C15H22N2O4. The molecule has 2 N–H and O–H groups in total. The highest BCUT2D eigenvalue weighted by atomic mass is 16.5. The molecular weight excluding hydrogens is 272 g/mol. The third-order valence-corrected chi connectivity index (χ3v) is 3.59. The number of aromatic hydroxyl groups is 1. The highest BCUT2D eigenvalue weighted by Gasteiger charge is 2.22. The Balaban J connectivity index is 1.91. The molecule has 116 valence electrons. The number of benzene rings is 1. The van der Waals surface area contributed by atoms with Gasteiger partial charge in [0.1, 0.15) is 0 Å². The minimum Gasteiger partial charge on any atom is -0.504 e. The molecule has 0 radical (unpaired) electrons. The normalized spacial score (nSPS) is 16.6. The maximum Gasteiger partial charge on any atom is 0.239 e. The number of nitrogens with zero attached hydrogens (tertiary/aromatic N) is 1. The number of carbonyl (C=O) groups excluding carboxylic acids is 1. The summed E-state index contributed by atoms with van der Waals surface area (Å²) in [6.07, 6.45) is 0. The Kier molecular flexibility index (Phi) is 5.41. The summed E-state index contributed by atoms with van der Waals surface area (Å²) in [5.41, 5.74) is 0.705. The first-order valence-corrected chi connectivity index (χ1v) is 7.08. The Morgan fingerprint density at radius 2 is 2.19 bits per heavy atom. The second kappa shape index (κ2) is 7.28. The SMILES string of the molecule is COc1cccc(CNC(C)C(=O)N2CCOCC2)c1O. The van der Waals surface area contributed by atoms with Crippen molar-refractivity contribution in [1.82, 2.24) is 10.2 Å². The molecule has 0 aliphatic carbocycles. The maximum atomic E-state index is 12.2. The third-order valence-electron chi connectivity index (χ3n) is 3.59. The van der Waals surface area contributed by atoms with Crippen molar-refractivity contribution in [3.63, 3.8) is 0 Å². The van der Waals surface area contributed by atoms with Crippen LogP contribution in [0.5, 0.6) is 11.5 Å². The lowest BCUT2D eigenvalue weighted by atomic mass is 10.1. The number of ether oxygens (including phenoxy) is 2. The van der Waals surface area contributed by atoms with Gasteiger partial charge in [-0.25, -0.2) is 0 Å². The van der Waals surface area contributed by atoms with Crippen LogP contribution in [0.25, 0.3) is 0 Å². The van der Waals surface area contributed by atoms with E-state index < -0.39 is 0 Å². The number of phenols is 1. The number of methoxy groups -OCH3 is 1. The molecule has 1 aliphatic rings. The molecule has 0 saturated carbocycles. The molecule has 1 fully saturated rings. The third kappa shape index (κ3) is 3.86. The lowest BCUT2D eigenvalue weighted by Crippen LogP contribution is -2.49. The Morgan fingerprint density at radius 3 is 2.86 bits per heavy atom. The van der Waals surface area contributed by atoms with Gasteiger partial charge in [-0.05, 0) is 13.0 Å². The molecule has 1 aliphatic heterocycles. The monoisotopic (exact) mass is 294 g/mol. The van der Waals surface area contributed by atoms with Gasteiger partial charge in [-0.2, -0.15) is 0 Å². The van der Waals surface area contributed by atoms with Crippen LogP contribution in [0, 0.1) is 0 Å². The molecule has 2 rings (SSSR count). The largest absolute Gasteiger partial charge is 0.504 e. The van der Waals surface area contributed by atoms with Gasteiger partial charge in [0.15, 0.2) is 11.5 Å². The van der Waals surface area contributed by atoms with E-state index in [0.717, 1.165) is 0 Å². The summed E-state index contributed by atoms with van der Waals surface area (Å²) in [4.78, 5) is 14.0. The minimum absolute atomic E-state index is 0.0562. The van der Waals surface area contributed by atoms with Crippen molar-refractivity contribution in [2.75, 3.05) is 33.4 Å². The van der Waals surface area contributed by atoms with E-state index in [0.29, 0.717) is 44.2 Å². The molecule has 1 amide bonds. The van der Waals surface area contributed by atoms with Crippen molar-refractivity contribution >= 4 is 5.91 Å². The fraction of sp³-hybridized carbons (Fsp3) is 0.533. The van der Waals surface area contributed by atoms with Crippen LogP contribution in [0.4, 0.5) is 0 Å². The second-order valence-electron chi connectivity index (χ2n) is 5.01. The first-order valence-electron chi connectivity index (χ1n) is 7.08. The lowest BCUT2D eigenvalue weighted by Gasteiger charge is -2.29. The summed E-state index contributed by atoms with van der Waals surface area (Å²) >= 11 is 0. The number of nitrogens with one attached hydrogen (secondary N) is 1. The van der Waals surface area contributed by atoms with E-state index in [2.05, 4.69) is 5.32 Å². The van der Waals surface area contributed by atoms with Gasteiger partial charge in [0.2, 0.25) is 5.91 Å². The number of carbonyl (C=O) groups is 1. The van der Waals surface area contributed by atoms with Crippen LogP contribution in [0.3, 0.4) is 0 Å². The summed E-state index contributed by atoms with van der Waals surface area (Å²) in [6.45, 7) is 4.68. The lowest BCUT2D eigenvalue weighted by molar-refractivity contribution is -0.137. The number of hydrogen-bond donors (Lipinski definition) is 2. The zero-order valence-corrected chi connectivity index (χ0v) is 12.5. The molecule has 1 unspecified atom stereocenters. The second-order valence-corrected chi connectivity index (χ2v) is 5.01. The summed E-state index contributed by atoms with van der Waals surface area (Å²) < 4.78 is 10.3. The van der Waals surface area contributed by atoms with E-state index in [4.69, 9.17) is 9.47 Å². The van der Waals surface area contributed by atoms with Crippen molar-refractivity contribution in [3.8, 4) is 11.5 Å². The molecule has 1 aromatic rings. The van der Waals surface area contributed by atoms with Crippen LogP contribution in [0.15, 0.2) is 18.2 Å². The minimum atomic E-state index is -0.311. The number of phenolic OH excluding ortho intramolecular Hbond substituents is 1. The molecule has 1 saturated heterocycles. The summed E-state index contributed by atoms with van der Waals surface area (Å²) in [5, 5.41) is 13.2. The summed E-state index contributed by atoms with van der Waals surface area (Å²) in [7, 11) is 1.51. The van der Waals surface area contributed by atoms with Gasteiger partial charge in [-0.15, -0.1) is 0 Å². The molecule has 1 aromatic carbocycles. The molecule has 0 bridgehead atoms. The Morgan fingerprint density at radius 1 is 1.48 bits per heavy atom. The smallest absolute Gasteiger partial charge is 0.239 e. The predicted octanol–water partition coefficient (Wildman–Crippen LogP) is 0.738. The highest BCUT2D eigenvalue weighted by Crippen LogP contribution is 2.29. The van der Waals surface area contributed by atoms with Gasteiger partial charge < -0.3 is 24.8 Å². The number of rotatable bonds is 5. The van der Waals surface area contributed by atoms with Crippen molar-refractivity contribution < 1.29 is 19.4 Å². The number of morpholine rings is 1. The molecule has 21 heavy (non-hydrogen) atoms. The van der Waals surface area contributed by atoms with Gasteiger partial charge in [-0.3, -0.25) is 4.79 Å². The first-order chi connectivity index (χ1) is 10.1. The molecule has 0 spiro atoms. The molecule has 1 atom stereocenters. The molecule has 0 aromatic heterocycles. The average Bonchev–Trinajstić information content (AvgIpc) is 2.53. The Bertz CT molecular complexity index is 487. The van der Waals surface area contributed by atoms with Crippen molar-refractivity contribution in [3.05, 3.63) is 23.8 Å². The molecule has 1 heterocycles. The van der Waals surface area contributed by atoms with E-state index in [-0.39, 0.29) is 17.7 Å². The first kappa shape index (κ1) is 15.6. The van der Waals surface area contributed by atoms with Crippen molar-refractivity contribution in [2.24, 2.45) is 0 Å². The van der Waals surface area contributed by atoms with E-state index in [1.54, 1.807) is 17.0 Å². The van der Waals surface area contributed by atoms with Gasteiger partial charge in [0.25, 0.3) is 0 Å². The van der Waals surface area contributed by atoms with Crippen LogP contribution in [-0.4, -0.2) is 55.4 Å². The fourth-order valence-corrected chi connectivity index (χ4v) is 2.28. The van der Waals surface area contributed by atoms with Gasteiger partial charge in [0.05, 0.1) is 26.4 Å². The zero-order chi connectivity index (χ0) is 15.2. The van der Waals surface area contributed by atoms with E-state index in [1.165, 1.54) is 7.11 Å². The standard InChI is InChI=1S/C15H22N2O4/c1-11(15(19)17-6-8-21-9-7-17)16-10-12-4-3-5-13(20-2)14(12)18/h3-5,11,16,18H,6-10H2,1-2H3. The fourth-order valence-electron chi connectivity index (χ4n) is 2.28.